The molecule has 1 saturated heterocycles. The van der Waals surface area contributed by atoms with E-state index in [0.717, 1.165) is 56.3 Å². The highest BCUT2D eigenvalue weighted by molar-refractivity contribution is 5.92. The molecule has 2 aliphatic carbocycles. The molecule has 2 aromatic heterocycles. The second-order valence-corrected chi connectivity index (χ2v) is 7.73. The number of aromatic amines is 1. The summed E-state index contributed by atoms with van der Waals surface area (Å²) in [6, 6.07) is 1.93. The predicted molar refractivity (Wildman–Crippen MR) is 92.6 cm³/mol. The molecule has 1 amide bonds. The molecule has 0 unspecified atom stereocenters. The van der Waals surface area contributed by atoms with Crippen LogP contribution in [0.5, 0.6) is 0 Å². The first-order valence-corrected chi connectivity index (χ1v) is 9.65. The number of aromatic nitrogens is 4. The zero-order valence-electron chi connectivity index (χ0n) is 14.9. The third kappa shape index (κ3) is 3.38. The molecule has 138 valence electrons. The van der Waals surface area contributed by atoms with Crippen LogP contribution in [-0.4, -0.2) is 62.2 Å². The molecule has 2 saturated carbocycles. The van der Waals surface area contributed by atoms with Crippen molar-refractivity contribution in [1.29, 1.82) is 0 Å². The smallest absolute Gasteiger partial charge is 0.274 e. The molecular weight excluding hydrogens is 332 g/mol. The van der Waals surface area contributed by atoms with Crippen molar-refractivity contribution in [3.05, 3.63) is 29.2 Å². The normalized spacial score (nSPS) is 21.8. The van der Waals surface area contributed by atoms with Gasteiger partial charge >= 0.3 is 0 Å². The number of nitrogens with zero attached hydrogens (tertiary/aromatic N) is 5. The summed E-state index contributed by atoms with van der Waals surface area (Å²) in [5, 5.41) is 11.4. The summed E-state index contributed by atoms with van der Waals surface area (Å²) in [6.07, 6.45) is 5.68. The second-order valence-electron chi connectivity index (χ2n) is 7.73. The lowest BCUT2D eigenvalue weighted by Gasteiger charge is -2.20. The summed E-state index contributed by atoms with van der Waals surface area (Å²) >= 11 is 0. The lowest BCUT2D eigenvalue weighted by molar-refractivity contribution is 0.0755. The first-order chi connectivity index (χ1) is 12.8. The van der Waals surface area contributed by atoms with Crippen LogP contribution in [0.3, 0.4) is 0 Å². The number of nitrogens with one attached hydrogen (secondary N) is 1. The fourth-order valence-corrected chi connectivity index (χ4v) is 3.57. The maximum Gasteiger partial charge on any atom is 0.274 e. The van der Waals surface area contributed by atoms with E-state index in [1.807, 2.05) is 11.0 Å². The minimum absolute atomic E-state index is 0.0329. The van der Waals surface area contributed by atoms with Gasteiger partial charge in [0.25, 0.3) is 5.91 Å². The standard InChI is InChI=1S/C18H24N6O2/c25-18(15-10-14(20-21-15)12-2-3-12)24-7-1-6-23(8-9-24)11-16-19-17(26-22-16)13-4-5-13/h10,12-13H,1-9,11H2,(H,20,21). The molecule has 8 heteroatoms. The first kappa shape index (κ1) is 16.0. The van der Waals surface area contributed by atoms with Crippen LogP contribution in [0.2, 0.25) is 0 Å². The van der Waals surface area contributed by atoms with Gasteiger partial charge in [0, 0.05) is 43.7 Å². The lowest BCUT2D eigenvalue weighted by atomic mass is 10.2. The van der Waals surface area contributed by atoms with Gasteiger partial charge in [0.2, 0.25) is 5.89 Å². The number of amides is 1. The molecule has 5 rings (SSSR count). The van der Waals surface area contributed by atoms with Crippen molar-refractivity contribution in [2.45, 2.75) is 50.5 Å². The Morgan fingerprint density at radius 2 is 2.00 bits per heavy atom. The maximum absolute atomic E-state index is 12.7. The molecule has 26 heavy (non-hydrogen) atoms. The van der Waals surface area contributed by atoms with Crippen molar-refractivity contribution in [2.24, 2.45) is 0 Å². The third-order valence-electron chi connectivity index (χ3n) is 5.49. The van der Waals surface area contributed by atoms with Crippen LogP contribution in [0, 0.1) is 0 Å². The van der Waals surface area contributed by atoms with Crippen molar-refractivity contribution in [3.8, 4) is 0 Å². The quantitative estimate of drug-likeness (QED) is 0.880. The molecule has 3 aliphatic rings. The molecule has 8 nitrogen and oxygen atoms in total. The topological polar surface area (TPSA) is 91.2 Å². The van der Waals surface area contributed by atoms with Crippen LogP contribution in [0.4, 0.5) is 0 Å². The van der Waals surface area contributed by atoms with E-state index in [1.165, 1.54) is 12.8 Å². The number of rotatable bonds is 5. The van der Waals surface area contributed by atoms with Crippen LogP contribution in [-0.2, 0) is 6.54 Å². The highest BCUT2D eigenvalue weighted by Gasteiger charge is 2.30. The number of hydrogen-bond acceptors (Lipinski definition) is 6. The summed E-state index contributed by atoms with van der Waals surface area (Å²) in [5.41, 5.74) is 1.65. The molecule has 0 spiro atoms. The maximum atomic E-state index is 12.7. The Balaban J connectivity index is 1.18. The largest absolute Gasteiger partial charge is 0.339 e. The van der Waals surface area contributed by atoms with Gasteiger partial charge in [-0.05, 0) is 38.2 Å². The second kappa shape index (κ2) is 6.50. The van der Waals surface area contributed by atoms with Gasteiger partial charge in [-0.1, -0.05) is 5.16 Å². The molecule has 0 bridgehead atoms. The number of carbonyl (C=O) groups is 1. The van der Waals surface area contributed by atoms with Crippen molar-refractivity contribution in [1.82, 2.24) is 30.1 Å². The Labute approximate surface area is 151 Å². The van der Waals surface area contributed by atoms with E-state index >= 15 is 0 Å². The van der Waals surface area contributed by atoms with E-state index in [9.17, 15) is 4.79 Å². The molecule has 3 fully saturated rings. The third-order valence-corrected chi connectivity index (χ3v) is 5.49. The summed E-state index contributed by atoms with van der Waals surface area (Å²) < 4.78 is 5.34. The zero-order valence-corrected chi connectivity index (χ0v) is 14.9. The van der Waals surface area contributed by atoms with E-state index in [-0.39, 0.29) is 5.91 Å². The molecule has 3 heterocycles. The molecule has 0 aromatic carbocycles. The summed E-state index contributed by atoms with van der Waals surface area (Å²) in [7, 11) is 0. The SMILES string of the molecule is O=C(c1cc(C2CC2)[nH]n1)N1CCCN(Cc2noc(C3CC3)n2)CC1. The Morgan fingerprint density at radius 1 is 1.15 bits per heavy atom. The fourth-order valence-electron chi connectivity index (χ4n) is 3.57. The van der Waals surface area contributed by atoms with E-state index in [4.69, 9.17) is 4.52 Å². The lowest BCUT2D eigenvalue weighted by Crippen LogP contribution is -2.35. The van der Waals surface area contributed by atoms with E-state index in [1.54, 1.807) is 0 Å². The Bertz CT molecular complexity index is 791. The van der Waals surface area contributed by atoms with Crippen LogP contribution in [0.1, 0.15) is 71.8 Å². The van der Waals surface area contributed by atoms with Gasteiger partial charge in [-0.25, -0.2) is 0 Å². The average molecular weight is 356 g/mol. The Kier molecular flexibility index (Phi) is 4.00. The van der Waals surface area contributed by atoms with Gasteiger partial charge < -0.3 is 9.42 Å². The Morgan fingerprint density at radius 3 is 2.81 bits per heavy atom. The van der Waals surface area contributed by atoms with Gasteiger partial charge in [0.1, 0.15) is 5.69 Å². The van der Waals surface area contributed by atoms with Gasteiger partial charge in [-0.15, -0.1) is 0 Å². The van der Waals surface area contributed by atoms with Crippen LogP contribution < -0.4 is 0 Å². The molecule has 0 atom stereocenters. The average Bonchev–Trinajstić information content (AvgIpc) is 3.58. The highest BCUT2D eigenvalue weighted by Crippen LogP contribution is 2.39. The number of hydrogen-bond donors (Lipinski definition) is 1. The Hall–Kier alpha value is -2.22. The monoisotopic (exact) mass is 356 g/mol. The summed E-state index contributed by atoms with van der Waals surface area (Å²) in [5.74, 6) is 2.65. The van der Waals surface area contributed by atoms with Crippen molar-refractivity contribution >= 4 is 5.91 Å². The van der Waals surface area contributed by atoms with Gasteiger partial charge in [0.05, 0.1) is 6.54 Å². The van der Waals surface area contributed by atoms with Gasteiger partial charge in [-0.2, -0.15) is 10.1 Å². The van der Waals surface area contributed by atoms with E-state index in [0.29, 0.717) is 30.6 Å². The highest BCUT2D eigenvalue weighted by atomic mass is 16.5. The van der Waals surface area contributed by atoms with E-state index in [2.05, 4.69) is 25.2 Å². The molecule has 1 aliphatic heterocycles. The summed E-state index contributed by atoms with van der Waals surface area (Å²) in [4.78, 5) is 21.5. The van der Waals surface area contributed by atoms with Crippen LogP contribution >= 0.6 is 0 Å². The minimum Gasteiger partial charge on any atom is -0.339 e. The zero-order chi connectivity index (χ0) is 17.5. The van der Waals surface area contributed by atoms with Crippen LogP contribution in [0.15, 0.2) is 10.6 Å². The molecule has 1 N–H and O–H groups in total. The minimum atomic E-state index is 0.0329. The van der Waals surface area contributed by atoms with Crippen molar-refractivity contribution in [3.63, 3.8) is 0 Å². The van der Waals surface area contributed by atoms with Gasteiger partial charge in [-0.3, -0.25) is 14.8 Å². The number of H-pyrrole nitrogens is 1. The van der Waals surface area contributed by atoms with Crippen LogP contribution in [0.25, 0.3) is 0 Å². The fraction of sp³-hybridized carbons (Fsp3) is 0.667. The van der Waals surface area contributed by atoms with E-state index < -0.39 is 0 Å². The van der Waals surface area contributed by atoms with Crippen molar-refractivity contribution in [2.75, 3.05) is 26.2 Å². The number of carbonyl (C=O) groups excluding carboxylic acids is 1. The molecular formula is C18H24N6O2. The first-order valence-electron chi connectivity index (χ1n) is 9.65. The van der Waals surface area contributed by atoms with Crippen molar-refractivity contribution < 1.29 is 9.32 Å². The predicted octanol–water partition coefficient (Wildman–Crippen LogP) is 1.90. The molecule has 0 radical (unpaired) electrons. The van der Waals surface area contributed by atoms with Gasteiger partial charge in [0.15, 0.2) is 5.82 Å². The summed E-state index contributed by atoms with van der Waals surface area (Å²) in [6.45, 7) is 3.91. The molecule has 2 aromatic rings.